The standard InChI is InChI=1S/C28H26N2O7/c1-18-15-22(37-17-19-7-4-3-5-8-19)11-12-23(18)26(31)24-25(20-9-6-10-21(16-20)30(34)35)29(13-14-36-2)28(33)27(24)32/h3-12,15-16,25,31H,13-14,17H2,1-2H3/b26-24+/t25-/m1/s1. The molecule has 1 heterocycles. The van der Waals surface area contributed by atoms with Gasteiger partial charge in [0, 0.05) is 31.4 Å². The fraction of sp³-hybridized carbons (Fsp3) is 0.214. The van der Waals surface area contributed by atoms with Crippen molar-refractivity contribution in [2.75, 3.05) is 20.3 Å². The third-order valence-electron chi connectivity index (χ3n) is 6.17. The second-order valence-corrected chi connectivity index (χ2v) is 8.59. The molecule has 9 nitrogen and oxygen atoms in total. The van der Waals surface area contributed by atoms with Gasteiger partial charge < -0.3 is 19.5 Å². The van der Waals surface area contributed by atoms with E-state index < -0.39 is 22.7 Å². The molecule has 1 saturated heterocycles. The normalized spacial score (nSPS) is 16.7. The number of aliphatic hydroxyl groups excluding tert-OH is 1. The lowest BCUT2D eigenvalue weighted by Gasteiger charge is -2.25. The highest BCUT2D eigenvalue weighted by Crippen LogP contribution is 2.40. The Bertz CT molecular complexity index is 1370. The maximum absolute atomic E-state index is 13.1. The maximum Gasteiger partial charge on any atom is 0.295 e. The zero-order chi connectivity index (χ0) is 26.5. The fourth-order valence-electron chi connectivity index (χ4n) is 4.33. The van der Waals surface area contributed by atoms with Crippen LogP contribution < -0.4 is 4.74 Å². The van der Waals surface area contributed by atoms with Crippen LogP contribution in [-0.4, -0.2) is 46.9 Å². The lowest BCUT2D eigenvalue weighted by atomic mass is 9.93. The Labute approximate surface area is 213 Å². The number of likely N-dealkylation sites (tertiary alicyclic amines) is 1. The average molecular weight is 503 g/mol. The molecular weight excluding hydrogens is 476 g/mol. The van der Waals surface area contributed by atoms with E-state index in [1.165, 1.54) is 30.2 Å². The van der Waals surface area contributed by atoms with E-state index in [0.717, 1.165) is 5.56 Å². The van der Waals surface area contributed by atoms with Gasteiger partial charge in [0.25, 0.3) is 17.4 Å². The minimum absolute atomic E-state index is 0.0659. The van der Waals surface area contributed by atoms with Crippen molar-refractivity contribution in [1.82, 2.24) is 4.90 Å². The molecule has 0 unspecified atom stereocenters. The molecule has 3 aromatic rings. The van der Waals surface area contributed by atoms with Gasteiger partial charge in [-0.1, -0.05) is 42.5 Å². The van der Waals surface area contributed by atoms with Crippen molar-refractivity contribution in [3.05, 3.63) is 111 Å². The summed E-state index contributed by atoms with van der Waals surface area (Å²) in [6, 6.07) is 19.4. The summed E-state index contributed by atoms with van der Waals surface area (Å²) in [6.07, 6.45) is 0. The summed E-state index contributed by atoms with van der Waals surface area (Å²) in [5.74, 6) is -1.46. The first-order valence-electron chi connectivity index (χ1n) is 11.6. The van der Waals surface area contributed by atoms with E-state index in [2.05, 4.69) is 0 Å². The molecule has 0 aromatic heterocycles. The van der Waals surface area contributed by atoms with E-state index in [-0.39, 0.29) is 30.2 Å². The SMILES string of the molecule is COCCN1C(=O)C(=O)/C(=C(/O)c2ccc(OCc3ccccc3)cc2C)[C@H]1c1cccc([N+](=O)[O-])c1. The number of Topliss-reactive ketones (excluding diaryl/α,β-unsaturated/α-hetero) is 1. The molecule has 1 N–H and O–H groups in total. The highest BCUT2D eigenvalue weighted by atomic mass is 16.6. The topological polar surface area (TPSA) is 119 Å². The predicted octanol–water partition coefficient (Wildman–Crippen LogP) is 4.55. The Morgan fingerprint density at radius 3 is 2.49 bits per heavy atom. The van der Waals surface area contributed by atoms with Gasteiger partial charge in [-0.25, -0.2) is 0 Å². The van der Waals surface area contributed by atoms with Gasteiger partial charge in [-0.05, 0) is 41.8 Å². The van der Waals surface area contributed by atoms with Crippen LogP contribution in [0.1, 0.15) is 28.3 Å². The monoisotopic (exact) mass is 502 g/mol. The number of nitro benzene ring substituents is 1. The number of nitro groups is 1. The lowest BCUT2D eigenvalue weighted by Crippen LogP contribution is -2.32. The van der Waals surface area contributed by atoms with Crippen molar-refractivity contribution in [1.29, 1.82) is 0 Å². The third-order valence-corrected chi connectivity index (χ3v) is 6.17. The number of carbonyl (C=O) groups excluding carboxylic acids is 2. The van der Waals surface area contributed by atoms with Crippen LogP contribution in [0.2, 0.25) is 0 Å². The zero-order valence-corrected chi connectivity index (χ0v) is 20.4. The number of non-ortho nitro benzene ring substituents is 1. The zero-order valence-electron chi connectivity index (χ0n) is 20.4. The van der Waals surface area contributed by atoms with E-state index >= 15 is 0 Å². The minimum atomic E-state index is -1.01. The molecule has 190 valence electrons. The summed E-state index contributed by atoms with van der Waals surface area (Å²) >= 11 is 0. The van der Waals surface area contributed by atoms with Gasteiger partial charge in [-0.2, -0.15) is 0 Å². The average Bonchev–Trinajstić information content (AvgIpc) is 3.16. The van der Waals surface area contributed by atoms with Crippen LogP contribution in [0.4, 0.5) is 5.69 Å². The molecule has 1 fully saturated rings. The van der Waals surface area contributed by atoms with Crippen molar-refractivity contribution in [3.8, 4) is 5.75 Å². The first-order chi connectivity index (χ1) is 17.8. The van der Waals surface area contributed by atoms with E-state index in [1.807, 2.05) is 30.3 Å². The summed E-state index contributed by atoms with van der Waals surface area (Å²) in [6.45, 7) is 2.33. The van der Waals surface area contributed by atoms with E-state index in [0.29, 0.717) is 29.0 Å². The Kier molecular flexibility index (Phi) is 7.64. The molecule has 0 saturated carbocycles. The van der Waals surface area contributed by atoms with Crippen LogP contribution in [0, 0.1) is 17.0 Å². The largest absolute Gasteiger partial charge is 0.507 e. The van der Waals surface area contributed by atoms with Crippen molar-refractivity contribution >= 4 is 23.1 Å². The molecule has 0 spiro atoms. The Morgan fingerprint density at radius 1 is 1.05 bits per heavy atom. The number of ether oxygens (including phenoxy) is 2. The number of carbonyl (C=O) groups is 2. The number of hydrogen-bond donors (Lipinski definition) is 1. The molecule has 1 aliphatic heterocycles. The van der Waals surface area contributed by atoms with Crippen LogP contribution in [0.25, 0.3) is 5.76 Å². The highest BCUT2D eigenvalue weighted by Gasteiger charge is 2.46. The summed E-state index contributed by atoms with van der Waals surface area (Å²) in [5, 5.41) is 22.7. The number of benzene rings is 3. The third kappa shape index (κ3) is 5.36. The van der Waals surface area contributed by atoms with Crippen LogP contribution >= 0.6 is 0 Å². The smallest absolute Gasteiger partial charge is 0.295 e. The van der Waals surface area contributed by atoms with Crippen molar-refractivity contribution in [3.63, 3.8) is 0 Å². The summed E-state index contributed by atoms with van der Waals surface area (Å²) in [7, 11) is 1.46. The van der Waals surface area contributed by atoms with Gasteiger partial charge >= 0.3 is 0 Å². The number of aryl methyl sites for hydroxylation is 1. The van der Waals surface area contributed by atoms with Gasteiger partial charge in [-0.15, -0.1) is 0 Å². The van der Waals surface area contributed by atoms with Crippen molar-refractivity contribution in [2.24, 2.45) is 0 Å². The van der Waals surface area contributed by atoms with E-state index in [1.54, 1.807) is 31.2 Å². The summed E-state index contributed by atoms with van der Waals surface area (Å²) in [5.41, 5.74) is 2.00. The predicted molar refractivity (Wildman–Crippen MR) is 136 cm³/mol. The number of methoxy groups -OCH3 is 1. The molecule has 9 heteroatoms. The van der Waals surface area contributed by atoms with Crippen molar-refractivity contribution in [2.45, 2.75) is 19.6 Å². The van der Waals surface area contributed by atoms with Crippen molar-refractivity contribution < 1.29 is 29.1 Å². The molecule has 0 aliphatic carbocycles. The number of rotatable bonds is 9. The second kappa shape index (κ2) is 11.0. The quantitative estimate of drug-likeness (QED) is 0.150. The van der Waals surface area contributed by atoms with Crippen LogP contribution in [0.3, 0.4) is 0 Å². The summed E-state index contributed by atoms with van der Waals surface area (Å²) in [4.78, 5) is 38.2. The molecule has 4 rings (SSSR count). The van der Waals surface area contributed by atoms with E-state index in [9.17, 15) is 24.8 Å². The number of amides is 1. The van der Waals surface area contributed by atoms with Crippen LogP contribution in [0.5, 0.6) is 5.75 Å². The van der Waals surface area contributed by atoms with Gasteiger partial charge in [0.2, 0.25) is 0 Å². The highest BCUT2D eigenvalue weighted by molar-refractivity contribution is 6.46. The second-order valence-electron chi connectivity index (χ2n) is 8.59. The molecule has 1 aliphatic rings. The first-order valence-corrected chi connectivity index (χ1v) is 11.6. The molecule has 1 atom stereocenters. The molecule has 1 amide bonds. The van der Waals surface area contributed by atoms with Gasteiger partial charge in [0.05, 0.1) is 23.1 Å². The fourth-order valence-corrected chi connectivity index (χ4v) is 4.33. The van der Waals surface area contributed by atoms with Gasteiger partial charge in [0.15, 0.2) is 0 Å². The maximum atomic E-state index is 13.1. The first kappa shape index (κ1) is 25.6. The van der Waals surface area contributed by atoms with Gasteiger partial charge in [0.1, 0.15) is 18.1 Å². The Balaban J connectivity index is 1.73. The minimum Gasteiger partial charge on any atom is -0.507 e. The van der Waals surface area contributed by atoms with E-state index in [4.69, 9.17) is 9.47 Å². The number of nitrogens with zero attached hydrogens (tertiary/aromatic N) is 2. The lowest BCUT2D eigenvalue weighted by molar-refractivity contribution is -0.384. The molecule has 3 aromatic carbocycles. The summed E-state index contributed by atoms with van der Waals surface area (Å²) < 4.78 is 10.9. The van der Waals surface area contributed by atoms with Crippen LogP contribution in [-0.2, 0) is 20.9 Å². The molecular formula is C28H26N2O7. The van der Waals surface area contributed by atoms with Gasteiger partial charge in [-0.3, -0.25) is 19.7 Å². The molecule has 0 bridgehead atoms. The number of ketones is 1. The Hall–Kier alpha value is -4.50. The van der Waals surface area contributed by atoms with Crippen LogP contribution in [0.15, 0.2) is 78.4 Å². The molecule has 0 radical (unpaired) electrons. The number of hydrogen-bond acceptors (Lipinski definition) is 7. The number of aliphatic hydroxyl groups is 1. The Morgan fingerprint density at radius 2 is 1.81 bits per heavy atom. The molecule has 37 heavy (non-hydrogen) atoms.